The van der Waals surface area contributed by atoms with Gasteiger partial charge in [-0.05, 0) is 25.3 Å². The number of amides is 2. The van der Waals surface area contributed by atoms with Gasteiger partial charge in [0, 0.05) is 31.4 Å². The number of aromatic hydroxyl groups is 1. The Kier molecular flexibility index (Phi) is 5.00. The second-order valence-corrected chi connectivity index (χ2v) is 7.39. The third kappa shape index (κ3) is 3.21. The molecule has 7 nitrogen and oxygen atoms in total. The van der Waals surface area contributed by atoms with Crippen LogP contribution in [0.5, 0.6) is 5.75 Å². The molecule has 3 heterocycles. The molecule has 10 heteroatoms. The maximum atomic E-state index is 13.8. The largest absolute Gasteiger partial charge is 0.503 e. The topological polar surface area (TPSA) is 91.6 Å². The van der Waals surface area contributed by atoms with Crippen molar-refractivity contribution in [2.24, 2.45) is 0 Å². The van der Waals surface area contributed by atoms with Crippen molar-refractivity contribution >= 4 is 11.8 Å². The van der Waals surface area contributed by atoms with Gasteiger partial charge < -0.3 is 19.9 Å². The van der Waals surface area contributed by atoms with Crippen molar-refractivity contribution in [3.05, 3.63) is 62.8 Å². The monoisotopic (exact) mass is 421 g/mol. The Morgan fingerprint density at radius 3 is 2.70 bits per heavy atom. The Morgan fingerprint density at radius 2 is 1.93 bits per heavy atom. The van der Waals surface area contributed by atoms with Crippen LogP contribution >= 0.6 is 0 Å². The van der Waals surface area contributed by atoms with E-state index in [4.69, 9.17) is 0 Å². The molecule has 0 aliphatic carbocycles. The molecule has 2 amide bonds. The van der Waals surface area contributed by atoms with Crippen molar-refractivity contribution < 1.29 is 27.9 Å². The summed E-state index contributed by atoms with van der Waals surface area (Å²) >= 11 is 0. The third-order valence-electron chi connectivity index (χ3n) is 5.54. The van der Waals surface area contributed by atoms with Crippen LogP contribution in [0, 0.1) is 17.5 Å². The Labute approximate surface area is 168 Å². The standard InChI is InChI=1S/C20H18F3N3O4/c21-13-5-4-10(14(22)15(13)23)7-24-19(29)12-9-26-11-3-1-2-6-25(8-11)20(30)16(26)18(28)17(12)27/h4-5,9,11,28H,1-3,6-8H2,(H,24,29). The summed E-state index contributed by atoms with van der Waals surface area (Å²) < 4.78 is 41.6. The first kappa shape index (κ1) is 20.0. The lowest BCUT2D eigenvalue weighted by molar-refractivity contribution is 0.0677. The molecule has 2 aromatic rings. The molecule has 2 bridgehead atoms. The molecule has 4 rings (SSSR count). The maximum Gasteiger partial charge on any atom is 0.274 e. The van der Waals surface area contributed by atoms with Gasteiger partial charge in [-0.25, -0.2) is 13.2 Å². The Balaban J connectivity index is 1.66. The summed E-state index contributed by atoms with van der Waals surface area (Å²) in [5.74, 6) is -6.68. The number of aromatic nitrogens is 1. The SMILES string of the molecule is O=C(NCc1ccc(F)c(F)c1F)c1cn2c(c(O)c1=O)C(=O)N1CCCCC2C1. The first-order chi connectivity index (χ1) is 14.3. The van der Waals surface area contributed by atoms with E-state index in [1.165, 1.54) is 10.8 Å². The van der Waals surface area contributed by atoms with Gasteiger partial charge in [-0.15, -0.1) is 0 Å². The molecular weight excluding hydrogens is 403 g/mol. The summed E-state index contributed by atoms with van der Waals surface area (Å²) in [4.78, 5) is 39.3. The summed E-state index contributed by atoms with van der Waals surface area (Å²) in [7, 11) is 0. The maximum absolute atomic E-state index is 13.8. The average molecular weight is 421 g/mol. The van der Waals surface area contributed by atoms with Gasteiger partial charge >= 0.3 is 0 Å². The van der Waals surface area contributed by atoms with Gasteiger partial charge in [-0.2, -0.15) is 0 Å². The minimum Gasteiger partial charge on any atom is -0.503 e. The fourth-order valence-electron chi connectivity index (χ4n) is 3.94. The van der Waals surface area contributed by atoms with Crippen LogP contribution in [0.15, 0.2) is 23.1 Å². The van der Waals surface area contributed by atoms with Gasteiger partial charge in [0.1, 0.15) is 5.56 Å². The van der Waals surface area contributed by atoms with Crippen LogP contribution in [0.3, 0.4) is 0 Å². The van der Waals surface area contributed by atoms with Crippen LogP contribution in [0.25, 0.3) is 0 Å². The smallest absolute Gasteiger partial charge is 0.274 e. The van der Waals surface area contributed by atoms with Crippen LogP contribution in [-0.2, 0) is 6.54 Å². The molecule has 2 aliphatic rings. The normalized spacial score (nSPS) is 18.0. The number of hydrogen-bond acceptors (Lipinski definition) is 4. The molecule has 1 atom stereocenters. The fraction of sp³-hybridized carbons (Fsp3) is 0.350. The van der Waals surface area contributed by atoms with Crippen LogP contribution in [-0.4, -0.2) is 39.5 Å². The van der Waals surface area contributed by atoms with Gasteiger partial charge in [0.05, 0.1) is 6.04 Å². The minimum atomic E-state index is -1.66. The number of rotatable bonds is 3. The van der Waals surface area contributed by atoms with Crippen molar-refractivity contribution in [2.45, 2.75) is 31.8 Å². The number of nitrogens with zero attached hydrogens (tertiary/aromatic N) is 2. The van der Waals surface area contributed by atoms with Gasteiger partial charge in [0.15, 0.2) is 28.9 Å². The van der Waals surface area contributed by atoms with Gasteiger partial charge in [-0.1, -0.05) is 6.07 Å². The number of pyridine rings is 1. The molecule has 1 aromatic heterocycles. The second kappa shape index (κ2) is 7.51. The third-order valence-corrected chi connectivity index (χ3v) is 5.54. The number of benzene rings is 1. The van der Waals surface area contributed by atoms with Crippen molar-refractivity contribution in [1.82, 2.24) is 14.8 Å². The van der Waals surface area contributed by atoms with E-state index in [0.29, 0.717) is 19.5 Å². The quantitative estimate of drug-likeness (QED) is 0.743. The Morgan fingerprint density at radius 1 is 1.17 bits per heavy atom. The second-order valence-electron chi connectivity index (χ2n) is 7.39. The van der Waals surface area contributed by atoms with E-state index < -0.39 is 52.6 Å². The van der Waals surface area contributed by atoms with E-state index >= 15 is 0 Å². The lowest BCUT2D eigenvalue weighted by Crippen LogP contribution is -2.44. The van der Waals surface area contributed by atoms with Crippen LogP contribution in [0.2, 0.25) is 0 Å². The van der Waals surface area contributed by atoms with E-state index in [9.17, 15) is 32.7 Å². The zero-order valence-electron chi connectivity index (χ0n) is 15.8. The number of halogens is 3. The van der Waals surface area contributed by atoms with E-state index in [2.05, 4.69) is 5.32 Å². The average Bonchev–Trinajstić information content (AvgIpc) is 2.95. The fourth-order valence-corrected chi connectivity index (χ4v) is 3.94. The predicted octanol–water partition coefficient (Wildman–Crippen LogP) is 2.08. The molecule has 1 fully saturated rings. The van der Waals surface area contributed by atoms with Crippen molar-refractivity contribution in [3.8, 4) is 5.75 Å². The van der Waals surface area contributed by atoms with E-state index in [-0.39, 0.29) is 17.3 Å². The Hall–Kier alpha value is -3.30. The first-order valence-corrected chi connectivity index (χ1v) is 9.47. The number of fused-ring (bicyclic) bond motifs is 4. The summed E-state index contributed by atoms with van der Waals surface area (Å²) in [5.41, 5.74) is -1.91. The molecule has 0 saturated carbocycles. The molecule has 0 spiro atoms. The highest BCUT2D eigenvalue weighted by Gasteiger charge is 2.36. The number of nitrogens with one attached hydrogen (secondary N) is 1. The van der Waals surface area contributed by atoms with Gasteiger partial charge in [0.2, 0.25) is 5.43 Å². The molecular formula is C20H18F3N3O4. The molecule has 158 valence electrons. The molecule has 30 heavy (non-hydrogen) atoms. The minimum absolute atomic E-state index is 0.152. The summed E-state index contributed by atoms with van der Waals surface area (Å²) in [6, 6.07) is 1.51. The zero-order chi connectivity index (χ0) is 21.6. The van der Waals surface area contributed by atoms with Gasteiger partial charge in [0.25, 0.3) is 11.8 Å². The van der Waals surface area contributed by atoms with E-state index in [0.717, 1.165) is 25.0 Å². The van der Waals surface area contributed by atoms with E-state index in [1.54, 1.807) is 4.90 Å². The van der Waals surface area contributed by atoms with Crippen LogP contribution in [0.4, 0.5) is 13.2 Å². The Bertz CT molecular complexity index is 1120. The van der Waals surface area contributed by atoms with Crippen molar-refractivity contribution in [1.29, 1.82) is 0 Å². The zero-order valence-corrected chi connectivity index (χ0v) is 15.8. The summed E-state index contributed by atoms with van der Waals surface area (Å²) in [6.45, 7) is 0.445. The van der Waals surface area contributed by atoms with E-state index in [1.807, 2.05) is 0 Å². The number of carbonyl (C=O) groups excluding carboxylic acids is 2. The molecule has 2 N–H and O–H groups in total. The number of carbonyl (C=O) groups is 2. The summed E-state index contributed by atoms with van der Waals surface area (Å²) in [6.07, 6.45) is 3.58. The molecule has 1 aromatic carbocycles. The molecule has 1 saturated heterocycles. The van der Waals surface area contributed by atoms with Crippen LogP contribution in [0.1, 0.15) is 51.7 Å². The molecule has 2 aliphatic heterocycles. The number of hydrogen-bond donors (Lipinski definition) is 2. The lowest BCUT2D eigenvalue weighted by atomic mass is 10.1. The lowest BCUT2D eigenvalue weighted by Gasteiger charge is -2.34. The van der Waals surface area contributed by atoms with Crippen molar-refractivity contribution in [3.63, 3.8) is 0 Å². The highest BCUT2D eigenvalue weighted by Crippen LogP contribution is 2.31. The predicted molar refractivity (Wildman–Crippen MR) is 98.6 cm³/mol. The molecule has 0 radical (unpaired) electrons. The van der Waals surface area contributed by atoms with Crippen molar-refractivity contribution in [2.75, 3.05) is 13.1 Å². The summed E-state index contributed by atoms with van der Waals surface area (Å²) in [5, 5.41) is 12.6. The molecule has 1 unspecified atom stereocenters. The highest BCUT2D eigenvalue weighted by molar-refractivity contribution is 5.99. The van der Waals surface area contributed by atoms with Gasteiger partial charge in [-0.3, -0.25) is 14.4 Å². The highest BCUT2D eigenvalue weighted by atomic mass is 19.2. The first-order valence-electron chi connectivity index (χ1n) is 9.47. The van der Waals surface area contributed by atoms with Crippen LogP contribution < -0.4 is 10.7 Å².